The molecule has 22 heavy (non-hydrogen) atoms. The van der Waals surface area contributed by atoms with E-state index >= 15 is 0 Å². The van der Waals surface area contributed by atoms with Crippen LogP contribution in [-0.2, 0) is 0 Å². The average molecular weight is 331 g/mol. The predicted octanol–water partition coefficient (Wildman–Crippen LogP) is 4.45. The summed E-state index contributed by atoms with van der Waals surface area (Å²) in [5.74, 6) is 0.155. The Bertz CT molecular complexity index is 712. The number of halogens is 1. The fourth-order valence-corrected chi connectivity index (χ4v) is 2.93. The highest BCUT2D eigenvalue weighted by Gasteiger charge is 2.15. The molecule has 0 radical (unpaired) electrons. The Labute approximate surface area is 139 Å². The van der Waals surface area contributed by atoms with Crippen molar-refractivity contribution in [1.29, 1.82) is 5.26 Å². The molecule has 0 heterocycles. The second-order valence-electron chi connectivity index (χ2n) is 4.69. The molecule has 3 nitrogen and oxygen atoms in total. The van der Waals surface area contributed by atoms with Gasteiger partial charge in [0.2, 0.25) is 0 Å². The van der Waals surface area contributed by atoms with E-state index in [9.17, 15) is 4.79 Å². The maximum atomic E-state index is 12.5. The highest BCUT2D eigenvalue weighted by molar-refractivity contribution is 7.99. The molecule has 112 valence electrons. The Morgan fingerprint density at radius 2 is 2.09 bits per heavy atom. The lowest BCUT2D eigenvalue weighted by atomic mass is 10.1. The van der Waals surface area contributed by atoms with Crippen molar-refractivity contribution in [2.24, 2.45) is 0 Å². The third-order valence-corrected chi connectivity index (χ3v) is 4.30. The van der Waals surface area contributed by atoms with Crippen molar-refractivity contribution < 1.29 is 4.79 Å². The smallest absolute Gasteiger partial charge is 0.252 e. The number of amides is 1. The standard InChI is InChI=1S/C17H15ClN2OS/c1-12(13-5-4-6-14(18)11-13)20-17(21)15-7-2-3-8-16(15)22-10-9-19/h2-8,11-12H,10H2,1H3,(H,20,21). The zero-order valence-electron chi connectivity index (χ0n) is 12.0. The highest BCUT2D eigenvalue weighted by Crippen LogP contribution is 2.23. The molecule has 2 aromatic carbocycles. The first-order valence-corrected chi connectivity index (χ1v) is 8.13. The van der Waals surface area contributed by atoms with Crippen LogP contribution >= 0.6 is 23.4 Å². The summed E-state index contributed by atoms with van der Waals surface area (Å²) in [6.45, 7) is 1.91. The largest absolute Gasteiger partial charge is 0.345 e. The fourth-order valence-electron chi connectivity index (χ4n) is 2.02. The van der Waals surface area contributed by atoms with Gasteiger partial charge in [-0.25, -0.2) is 0 Å². The number of carbonyl (C=O) groups excluding carboxylic acids is 1. The number of nitrogens with zero attached hydrogens (tertiary/aromatic N) is 1. The number of nitriles is 1. The molecule has 0 fully saturated rings. The Hall–Kier alpha value is -1.96. The van der Waals surface area contributed by atoms with Gasteiger partial charge in [-0.3, -0.25) is 4.79 Å². The maximum absolute atomic E-state index is 12.5. The Kier molecular flexibility index (Phi) is 5.88. The molecule has 5 heteroatoms. The molecule has 0 aliphatic carbocycles. The van der Waals surface area contributed by atoms with Crippen molar-refractivity contribution in [2.45, 2.75) is 17.9 Å². The van der Waals surface area contributed by atoms with Gasteiger partial charge in [-0.05, 0) is 36.8 Å². The van der Waals surface area contributed by atoms with Crippen molar-refractivity contribution in [2.75, 3.05) is 5.75 Å². The monoisotopic (exact) mass is 330 g/mol. The van der Waals surface area contributed by atoms with Crippen LogP contribution in [0.4, 0.5) is 0 Å². The number of hydrogen-bond acceptors (Lipinski definition) is 3. The van der Waals surface area contributed by atoms with Crippen LogP contribution in [0.1, 0.15) is 28.9 Å². The summed E-state index contributed by atoms with van der Waals surface area (Å²) in [5.41, 5.74) is 1.53. The molecule has 1 atom stereocenters. The number of rotatable bonds is 5. The lowest BCUT2D eigenvalue weighted by molar-refractivity contribution is 0.0937. The van der Waals surface area contributed by atoms with E-state index in [1.165, 1.54) is 11.8 Å². The molecule has 0 aromatic heterocycles. The molecule has 0 saturated carbocycles. The first kappa shape index (κ1) is 16.4. The minimum atomic E-state index is -0.159. The summed E-state index contributed by atoms with van der Waals surface area (Å²) >= 11 is 7.34. The van der Waals surface area contributed by atoms with Gasteiger partial charge in [-0.2, -0.15) is 5.26 Å². The van der Waals surface area contributed by atoms with Crippen molar-refractivity contribution in [1.82, 2.24) is 5.32 Å². The lowest BCUT2D eigenvalue weighted by Gasteiger charge is -2.16. The maximum Gasteiger partial charge on any atom is 0.252 e. The zero-order chi connectivity index (χ0) is 15.9. The van der Waals surface area contributed by atoms with Gasteiger partial charge in [0.05, 0.1) is 23.4 Å². The van der Waals surface area contributed by atoms with Gasteiger partial charge in [0.25, 0.3) is 5.91 Å². The summed E-state index contributed by atoms with van der Waals surface area (Å²) < 4.78 is 0. The zero-order valence-corrected chi connectivity index (χ0v) is 13.6. The molecular weight excluding hydrogens is 316 g/mol. The van der Waals surface area contributed by atoms with Crippen LogP contribution in [0.5, 0.6) is 0 Å². The fraction of sp³-hybridized carbons (Fsp3) is 0.176. The summed E-state index contributed by atoms with van der Waals surface area (Å²) in [4.78, 5) is 13.3. The second-order valence-corrected chi connectivity index (χ2v) is 6.15. The first-order valence-electron chi connectivity index (χ1n) is 6.77. The van der Waals surface area contributed by atoms with Crippen LogP contribution in [0.2, 0.25) is 5.02 Å². The van der Waals surface area contributed by atoms with Gasteiger partial charge in [0.15, 0.2) is 0 Å². The molecule has 2 aromatic rings. The number of carbonyl (C=O) groups is 1. The van der Waals surface area contributed by atoms with Crippen LogP contribution in [0, 0.1) is 11.3 Å². The topological polar surface area (TPSA) is 52.9 Å². The Balaban J connectivity index is 2.14. The first-order chi connectivity index (χ1) is 10.6. The lowest BCUT2D eigenvalue weighted by Crippen LogP contribution is -2.27. The van der Waals surface area contributed by atoms with E-state index in [4.69, 9.17) is 16.9 Å². The van der Waals surface area contributed by atoms with Crippen molar-refractivity contribution in [3.05, 3.63) is 64.7 Å². The summed E-state index contributed by atoms with van der Waals surface area (Å²) in [7, 11) is 0. The molecule has 2 rings (SSSR count). The van der Waals surface area contributed by atoms with Crippen molar-refractivity contribution in [3.63, 3.8) is 0 Å². The van der Waals surface area contributed by atoms with Gasteiger partial charge in [0, 0.05) is 9.92 Å². The van der Waals surface area contributed by atoms with Gasteiger partial charge in [0.1, 0.15) is 0 Å². The molecule has 0 saturated heterocycles. The molecule has 1 unspecified atom stereocenters. The number of benzene rings is 2. The molecule has 1 N–H and O–H groups in total. The third-order valence-electron chi connectivity index (χ3n) is 3.12. The molecule has 0 aliphatic heterocycles. The van der Waals surface area contributed by atoms with E-state index in [1.807, 2.05) is 43.3 Å². The van der Waals surface area contributed by atoms with Gasteiger partial charge >= 0.3 is 0 Å². The van der Waals surface area contributed by atoms with E-state index in [2.05, 4.69) is 11.4 Å². The Morgan fingerprint density at radius 1 is 1.32 bits per heavy atom. The third kappa shape index (κ3) is 4.27. The van der Waals surface area contributed by atoms with Crippen LogP contribution in [0.25, 0.3) is 0 Å². The van der Waals surface area contributed by atoms with E-state index in [0.29, 0.717) is 16.3 Å². The normalized spacial score (nSPS) is 11.5. The van der Waals surface area contributed by atoms with Gasteiger partial charge < -0.3 is 5.32 Å². The Morgan fingerprint density at radius 3 is 2.82 bits per heavy atom. The molecule has 0 spiro atoms. The van der Waals surface area contributed by atoms with Crippen LogP contribution < -0.4 is 5.32 Å². The van der Waals surface area contributed by atoms with Gasteiger partial charge in [-0.15, -0.1) is 11.8 Å². The number of thioether (sulfide) groups is 1. The molecular formula is C17H15ClN2OS. The van der Waals surface area contributed by atoms with E-state index in [1.54, 1.807) is 12.1 Å². The van der Waals surface area contributed by atoms with E-state index in [-0.39, 0.29) is 11.9 Å². The number of nitrogens with one attached hydrogen (secondary N) is 1. The minimum absolute atomic E-state index is 0.153. The summed E-state index contributed by atoms with van der Waals surface area (Å²) in [6.07, 6.45) is 0. The van der Waals surface area contributed by atoms with Crippen LogP contribution in [0.15, 0.2) is 53.4 Å². The molecule has 0 bridgehead atoms. The number of hydrogen-bond donors (Lipinski definition) is 1. The second kappa shape index (κ2) is 7.88. The average Bonchev–Trinajstić information content (AvgIpc) is 2.53. The van der Waals surface area contributed by atoms with Gasteiger partial charge in [-0.1, -0.05) is 35.9 Å². The van der Waals surface area contributed by atoms with E-state index < -0.39 is 0 Å². The summed E-state index contributed by atoms with van der Waals surface area (Å²) in [6, 6.07) is 16.6. The molecule has 0 aliphatic rings. The van der Waals surface area contributed by atoms with Crippen LogP contribution in [0.3, 0.4) is 0 Å². The highest BCUT2D eigenvalue weighted by atomic mass is 35.5. The molecule has 1 amide bonds. The predicted molar refractivity (Wildman–Crippen MR) is 90.1 cm³/mol. The van der Waals surface area contributed by atoms with Crippen molar-refractivity contribution >= 4 is 29.3 Å². The quantitative estimate of drug-likeness (QED) is 0.824. The van der Waals surface area contributed by atoms with Crippen molar-refractivity contribution in [3.8, 4) is 6.07 Å². The van der Waals surface area contributed by atoms with E-state index in [0.717, 1.165) is 10.5 Å². The van der Waals surface area contributed by atoms with Crippen LogP contribution in [-0.4, -0.2) is 11.7 Å². The minimum Gasteiger partial charge on any atom is -0.345 e. The summed E-state index contributed by atoms with van der Waals surface area (Å²) in [5, 5.41) is 12.3. The SMILES string of the molecule is CC(NC(=O)c1ccccc1SCC#N)c1cccc(Cl)c1.